The highest BCUT2D eigenvalue weighted by Gasteiger charge is 2.35. The molecule has 8 heteroatoms. The van der Waals surface area contributed by atoms with Crippen molar-refractivity contribution in [1.82, 2.24) is 10.2 Å². The van der Waals surface area contributed by atoms with Gasteiger partial charge in [0.25, 0.3) is 0 Å². The summed E-state index contributed by atoms with van der Waals surface area (Å²) in [5.74, 6) is -1.29. The zero-order valence-electron chi connectivity index (χ0n) is 12.0. The molecule has 0 aromatic rings. The lowest BCUT2D eigenvalue weighted by molar-refractivity contribution is -0.142. The molecule has 1 heterocycles. The van der Waals surface area contributed by atoms with Crippen molar-refractivity contribution in [3.8, 4) is 0 Å². The molecule has 3 atom stereocenters. The molecule has 116 valence electrons. The van der Waals surface area contributed by atoms with E-state index < -0.39 is 33.8 Å². The van der Waals surface area contributed by atoms with Gasteiger partial charge in [0.1, 0.15) is 6.04 Å². The molecule has 3 unspecified atom stereocenters. The predicted molar refractivity (Wildman–Crippen MR) is 74.1 cm³/mol. The lowest BCUT2D eigenvalue weighted by atomic mass is 10.1. The average molecular weight is 306 g/mol. The van der Waals surface area contributed by atoms with Gasteiger partial charge in [-0.25, -0.2) is 8.42 Å². The summed E-state index contributed by atoms with van der Waals surface area (Å²) in [5, 5.41) is 11.2. The minimum absolute atomic E-state index is 0.0624. The van der Waals surface area contributed by atoms with Gasteiger partial charge in [-0.05, 0) is 26.8 Å². The molecule has 1 rings (SSSR count). The number of sulfone groups is 1. The van der Waals surface area contributed by atoms with Crippen LogP contribution in [0.1, 0.15) is 27.2 Å². The molecule has 20 heavy (non-hydrogen) atoms. The lowest BCUT2D eigenvalue weighted by Gasteiger charge is -2.32. The van der Waals surface area contributed by atoms with Gasteiger partial charge in [-0.2, -0.15) is 0 Å². The summed E-state index contributed by atoms with van der Waals surface area (Å²) in [6.07, 6.45) is 0.516. The third-order valence-electron chi connectivity index (χ3n) is 3.65. The van der Waals surface area contributed by atoms with Crippen LogP contribution in [0.3, 0.4) is 0 Å². The molecule has 0 spiro atoms. The number of carboxylic acids is 1. The molecule has 0 saturated carbocycles. The van der Waals surface area contributed by atoms with Gasteiger partial charge in [0.2, 0.25) is 5.91 Å². The Bertz CT molecular complexity index is 476. The summed E-state index contributed by atoms with van der Waals surface area (Å²) < 4.78 is 23.0. The van der Waals surface area contributed by atoms with Crippen LogP contribution in [0.4, 0.5) is 0 Å². The van der Waals surface area contributed by atoms with Crippen LogP contribution in [0.2, 0.25) is 0 Å². The van der Waals surface area contributed by atoms with Crippen LogP contribution in [-0.4, -0.2) is 66.5 Å². The molecule has 0 aromatic carbocycles. The first-order chi connectivity index (χ1) is 9.18. The fourth-order valence-corrected chi connectivity index (χ4v) is 4.17. The Kier molecular flexibility index (Phi) is 5.52. The van der Waals surface area contributed by atoms with Crippen molar-refractivity contribution in [2.24, 2.45) is 0 Å². The fraction of sp³-hybridized carbons (Fsp3) is 0.833. The van der Waals surface area contributed by atoms with Gasteiger partial charge >= 0.3 is 5.97 Å². The summed E-state index contributed by atoms with van der Waals surface area (Å²) >= 11 is 0. The van der Waals surface area contributed by atoms with Crippen molar-refractivity contribution in [3.63, 3.8) is 0 Å². The molecule has 2 N–H and O–H groups in total. The number of likely N-dealkylation sites (N-methyl/N-ethyl adjacent to an activating group) is 1. The van der Waals surface area contributed by atoms with Gasteiger partial charge < -0.3 is 10.4 Å². The number of carboxylic acid groups (broad SMARTS) is 1. The maximum Gasteiger partial charge on any atom is 0.325 e. The smallest absolute Gasteiger partial charge is 0.325 e. The Balaban J connectivity index is 2.70. The lowest BCUT2D eigenvalue weighted by Crippen LogP contribution is -2.52. The minimum Gasteiger partial charge on any atom is -0.480 e. The summed E-state index contributed by atoms with van der Waals surface area (Å²) in [6.45, 7) is 5.45. The highest BCUT2D eigenvalue weighted by molar-refractivity contribution is 7.91. The number of hydrogen-bond donors (Lipinski definition) is 2. The third kappa shape index (κ3) is 4.17. The fourth-order valence-electron chi connectivity index (χ4n) is 2.43. The summed E-state index contributed by atoms with van der Waals surface area (Å²) in [7, 11) is -3.01. The predicted octanol–water partition coefficient (Wildman–Crippen LogP) is -0.527. The van der Waals surface area contributed by atoms with Crippen molar-refractivity contribution in [3.05, 3.63) is 0 Å². The van der Waals surface area contributed by atoms with E-state index in [0.717, 1.165) is 0 Å². The van der Waals surface area contributed by atoms with E-state index in [1.165, 1.54) is 6.92 Å². The number of nitrogens with one attached hydrogen (secondary N) is 1. The van der Waals surface area contributed by atoms with Crippen molar-refractivity contribution >= 4 is 21.7 Å². The first kappa shape index (κ1) is 16.9. The highest BCUT2D eigenvalue weighted by atomic mass is 32.2. The van der Waals surface area contributed by atoms with Crippen molar-refractivity contribution in [2.75, 3.05) is 18.1 Å². The standard InChI is InChI=1S/C12H22N2O5S/c1-4-14(10-5-6-20(18,19)7-10)9(3)11(15)13-8(2)12(16)17/h8-10H,4-7H2,1-3H3,(H,13,15)(H,16,17). The summed E-state index contributed by atoms with van der Waals surface area (Å²) in [5.41, 5.74) is 0. The highest BCUT2D eigenvalue weighted by Crippen LogP contribution is 2.19. The maximum atomic E-state index is 12.0. The second-order valence-corrected chi connectivity index (χ2v) is 7.36. The van der Waals surface area contributed by atoms with Gasteiger partial charge in [-0.3, -0.25) is 14.5 Å². The molecule has 0 aromatic heterocycles. The number of carbonyl (C=O) groups is 2. The average Bonchev–Trinajstić information content (AvgIpc) is 2.70. The molecule has 1 aliphatic rings. The van der Waals surface area contributed by atoms with Crippen LogP contribution in [0, 0.1) is 0 Å². The number of carbonyl (C=O) groups excluding carboxylic acids is 1. The largest absolute Gasteiger partial charge is 0.480 e. The molecule has 7 nitrogen and oxygen atoms in total. The number of hydrogen-bond acceptors (Lipinski definition) is 5. The number of nitrogens with zero attached hydrogens (tertiary/aromatic N) is 1. The Morgan fingerprint density at radius 2 is 2.00 bits per heavy atom. The molecule has 1 fully saturated rings. The van der Waals surface area contributed by atoms with Gasteiger partial charge in [0, 0.05) is 6.04 Å². The van der Waals surface area contributed by atoms with Crippen LogP contribution in [0.25, 0.3) is 0 Å². The molecule has 1 saturated heterocycles. The molecule has 0 radical (unpaired) electrons. The van der Waals surface area contributed by atoms with E-state index in [2.05, 4.69) is 5.32 Å². The quantitative estimate of drug-likeness (QED) is 0.684. The van der Waals surface area contributed by atoms with Gasteiger partial charge in [-0.15, -0.1) is 0 Å². The monoisotopic (exact) mass is 306 g/mol. The maximum absolute atomic E-state index is 12.0. The zero-order valence-corrected chi connectivity index (χ0v) is 12.8. The Labute approximate surface area is 119 Å². The number of amides is 1. The third-order valence-corrected chi connectivity index (χ3v) is 5.40. The van der Waals surface area contributed by atoms with Crippen molar-refractivity contribution in [2.45, 2.75) is 45.3 Å². The molecule has 0 aliphatic carbocycles. The summed E-state index contributed by atoms with van der Waals surface area (Å²) in [6, 6.07) is -1.69. The van der Waals surface area contributed by atoms with Crippen LogP contribution in [0.5, 0.6) is 0 Å². The number of rotatable bonds is 6. The van der Waals surface area contributed by atoms with E-state index in [4.69, 9.17) is 5.11 Å². The molecule has 1 amide bonds. The van der Waals surface area contributed by atoms with Gasteiger partial charge in [0.15, 0.2) is 9.84 Å². The normalized spacial score (nSPS) is 24.3. The van der Waals surface area contributed by atoms with E-state index in [1.807, 2.05) is 11.8 Å². The Morgan fingerprint density at radius 1 is 1.40 bits per heavy atom. The van der Waals surface area contributed by atoms with Crippen LogP contribution in [-0.2, 0) is 19.4 Å². The summed E-state index contributed by atoms with van der Waals surface area (Å²) in [4.78, 5) is 24.6. The SMILES string of the molecule is CCN(C1CCS(=O)(=O)C1)C(C)C(=O)NC(C)C(=O)O. The number of aliphatic carboxylic acids is 1. The Morgan fingerprint density at radius 3 is 2.40 bits per heavy atom. The molecular weight excluding hydrogens is 284 g/mol. The van der Waals surface area contributed by atoms with Crippen LogP contribution < -0.4 is 5.32 Å². The van der Waals surface area contributed by atoms with Crippen molar-refractivity contribution < 1.29 is 23.1 Å². The van der Waals surface area contributed by atoms with Crippen LogP contribution >= 0.6 is 0 Å². The van der Waals surface area contributed by atoms with Crippen molar-refractivity contribution in [1.29, 1.82) is 0 Å². The Hall–Kier alpha value is -1.15. The topological polar surface area (TPSA) is 104 Å². The first-order valence-electron chi connectivity index (χ1n) is 6.67. The van der Waals surface area contributed by atoms with Crippen LogP contribution in [0.15, 0.2) is 0 Å². The first-order valence-corrected chi connectivity index (χ1v) is 8.49. The van der Waals surface area contributed by atoms with E-state index in [0.29, 0.717) is 13.0 Å². The second kappa shape index (κ2) is 6.53. The molecule has 1 aliphatic heterocycles. The zero-order chi connectivity index (χ0) is 15.5. The molecule has 0 bridgehead atoms. The van der Waals surface area contributed by atoms with Gasteiger partial charge in [-0.1, -0.05) is 6.92 Å². The van der Waals surface area contributed by atoms with E-state index in [1.54, 1.807) is 6.92 Å². The second-order valence-electron chi connectivity index (χ2n) is 5.13. The van der Waals surface area contributed by atoms with E-state index >= 15 is 0 Å². The van der Waals surface area contributed by atoms with Gasteiger partial charge in [0.05, 0.1) is 17.5 Å². The van der Waals surface area contributed by atoms with E-state index in [9.17, 15) is 18.0 Å². The molecular formula is C12H22N2O5S. The van der Waals surface area contributed by atoms with E-state index in [-0.39, 0.29) is 17.5 Å². The minimum atomic E-state index is -3.01.